The van der Waals surface area contributed by atoms with Crippen LogP contribution in [0.25, 0.3) is 0 Å². The fourth-order valence-corrected chi connectivity index (χ4v) is 2.31. The Labute approximate surface area is 130 Å². The predicted molar refractivity (Wildman–Crippen MR) is 88.7 cm³/mol. The van der Waals surface area contributed by atoms with E-state index in [1.165, 1.54) is 19.3 Å². The number of hydrogen-bond acceptors (Lipinski definition) is 2. The summed E-state index contributed by atoms with van der Waals surface area (Å²) in [6.07, 6.45) is 6.74. The summed E-state index contributed by atoms with van der Waals surface area (Å²) in [5.41, 5.74) is 0. The summed E-state index contributed by atoms with van der Waals surface area (Å²) in [5, 5.41) is 0. The van der Waals surface area contributed by atoms with E-state index in [1.54, 1.807) is 0 Å². The molecule has 0 aliphatic rings. The summed E-state index contributed by atoms with van der Waals surface area (Å²) in [7, 11) is 0. The van der Waals surface area contributed by atoms with E-state index in [9.17, 15) is 0 Å². The van der Waals surface area contributed by atoms with Gasteiger partial charge in [0.2, 0.25) is 0 Å². The van der Waals surface area contributed by atoms with Crippen molar-refractivity contribution >= 4 is 22.6 Å². The van der Waals surface area contributed by atoms with E-state index >= 15 is 0 Å². The number of benzene rings is 1. The molecule has 1 aromatic carbocycles. The van der Waals surface area contributed by atoms with Crippen LogP contribution < -0.4 is 4.74 Å². The molecule has 1 rings (SSSR count). The van der Waals surface area contributed by atoms with Crippen LogP contribution in [-0.2, 0) is 4.74 Å². The van der Waals surface area contributed by atoms with Gasteiger partial charge in [-0.05, 0) is 35.6 Å². The quantitative estimate of drug-likeness (QED) is 0.331. The summed E-state index contributed by atoms with van der Waals surface area (Å²) >= 11 is 2.23. The maximum atomic E-state index is 5.93. The van der Waals surface area contributed by atoms with Gasteiger partial charge in [-0.15, -0.1) is 0 Å². The third kappa shape index (κ3) is 7.57. The highest BCUT2D eigenvalue weighted by molar-refractivity contribution is 14.1. The van der Waals surface area contributed by atoms with Crippen molar-refractivity contribution in [3.63, 3.8) is 0 Å². The molecule has 19 heavy (non-hydrogen) atoms. The zero-order valence-corrected chi connectivity index (χ0v) is 13.9. The smallest absolute Gasteiger partial charge is 0.197 e. The molecule has 0 saturated heterocycles. The molecule has 0 heterocycles. The minimum atomic E-state index is -0.235. The second-order valence-electron chi connectivity index (χ2n) is 4.49. The standard InChI is InChI=1S/C16H23IO2/c1-3-4-6-9-16(12-13-17)19-14(2)18-15-10-7-5-8-11-15/h5,7-8,10-14,16H,3-4,6,9H2,1-2H3. The Kier molecular flexibility index (Phi) is 8.91. The molecule has 0 fully saturated rings. The van der Waals surface area contributed by atoms with Gasteiger partial charge in [0.1, 0.15) is 5.75 Å². The summed E-state index contributed by atoms with van der Waals surface area (Å²) in [6.45, 7) is 4.16. The van der Waals surface area contributed by atoms with Crippen LogP contribution in [-0.4, -0.2) is 12.4 Å². The summed E-state index contributed by atoms with van der Waals surface area (Å²) < 4.78 is 13.7. The van der Waals surface area contributed by atoms with Crippen LogP contribution in [0.2, 0.25) is 0 Å². The second kappa shape index (κ2) is 10.3. The van der Waals surface area contributed by atoms with Gasteiger partial charge in [0.05, 0.1) is 6.10 Å². The Morgan fingerprint density at radius 2 is 1.95 bits per heavy atom. The molecule has 0 bridgehead atoms. The van der Waals surface area contributed by atoms with Crippen LogP contribution in [0.4, 0.5) is 0 Å². The van der Waals surface area contributed by atoms with E-state index in [0.717, 1.165) is 12.2 Å². The van der Waals surface area contributed by atoms with Gasteiger partial charge in [-0.1, -0.05) is 67.0 Å². The SMILES string of the molecule is CCCCCC(C=CI)OC(C)Oc1ccccc1. The minimum absolute atomic E-state index is 0.141. The van der Waals surface area contributed by atoms with Gasteiger partial charge in [0, 0.05) is 0 Å². The fraction of sp³-hybridized carbons (Fsp3) is 0.500. The number of para-hydroxylation sites is 1. The monoisotopic (exact) mass is 374 g/mol. The van der Waals surface area contributed by atoms with Gasteiger partial charge in [0.15, 0.2) is 6.29 Å². The maximum Gasteiger partial charge on any atom is 0.197 e. The van der Waals surface area contributed by atoms with Crippen molar-refractivity contribution in [2.75, 3.05) is 0 Å². The van der Waals surface area contributed by atoms with Gasteiger partial charge in [-0.3, -0.25) is 0 Å². The maximum absolute atomic E-state index is 5.93. The van der Waals surface area contributed by atoms with Crippen molar-refractivity contribution in [3.8, 4) is 5.75 Å². The lowest BCUT2D eigenvalue weighted by molar-refractivity contribution is -0.0940. The average molecular weight is 374 g/mol. The van der Waals surface area contributed by atoms with Crippen LogP contribution in [0.15, 0.2) is 40.5 Å². The minimum Gasteiger partial charge on any atom is -0.465 e. The first kappa shape index (κ1) is 16.5. The molecule has 3 heteroatoms. The number of hydrogen-bond donors (Lipinski definition) is 0. The first-order chi connectivity index (χ1) is 9.26. The molecule has 0 saturated carbocycles. The van der Waals surface area contributed by atoms with Crippen LogP contribution >= 0.6 is 22.6 Å². The lowest BCUT2D eigenvalue weighted by Crippen LogP contribution is -2.23. The molecule has 1 aromatic rings. The van der Waals surface area contributed by atoms with Crippen molar-refractivity contribution in [1.29, 1.82) is 0 Å². The second-order valence-corrected chi connectivity index (χ2v) is 5.21. The molecule has 0 radical (unpaired) electrons. The van der Waals surface area contributed by atoms with E-state index < -0.39 is 0 Å². The third-order valence-corrected chi connectivity index (χ3v) is 3.21. The van der Waals surface area contributed by atoms with Crippen molar-refractivity contribution in [2.24, 2.45) is 0 Å². The van der Waals surface area contributed by atoms with Gasteiger partial charge >= 0.3 is 0 Å². The first-order valence-electron chi connectivity index (χ1n) is 6.90. The number of rotatable bonds is 9. The Balaban J connectivity index is 2.40. The molecule has 2 nitrogen and oxygen atoms in total. The molecular formula is C16H23IO2. The van der Waals surface area contributed by atoms with E-state index in [-0.39, 0.29) is 12.4 Å². The molecule has 0 aromatic heterocycles. The summed E-state index contributed by atoms with van der Waals surface area (Å²) in [4.78, 5) is 0. The highest BCUT2D eigenvalue weighted by Crippen LogP contribution is 2.15. The van der Waals surface area contributed by atoms with Crippen LogP contribution in [0, 0.1) is 0 Å². The predicted octanol–water partition coefficient (Wildman–Crippen LogP) is 5.33. The van der Waals surface area contributed by atoms with Crippen LogP contribution in [0.5, 0.6) is 5.75 Å². The number of halogens is 1. The molecule has 0 aliphatic heterocycles. The van der Waals surface area contributed by atoms with E-state index in [2.05, 4.69) is 35.6 Å². The van der Waals surface area contributed by atoms with E-state index in [4.69, 9.17) is 9.47 Å². The molecule has 2 unspecified atom stereocenters. The van der Waals surface area contributed by atoms with Gasteiger partial charge in [0.25, 0.3) is 0 Å². The molecule has 0 N–H and O–H groups in total. The van der Waals surface area contributed by atoms with Gasteiger partial charge in [-0.2, -0.15) is 0 Å². The Morgan fingerprint density at radius 3 is 2.58 bits per heavy atom. The van der Waals surface area contributed by atoms with Gasteiger partial charge in [-0.25, -0.2) is 0 Å². The molecular weight excluding hydrogens is 351 g/mol. The van der Waals surface area contributed by atoms with Gasteiger partial charge < -0.3 is 9.47 Å². The molecule has 2 atom stereocenters. The highest BCUT2D eigenvalue weighted by atomic mass is 127. The normalized spacial score (nSPS) is 14.5. The number of unbranched alkanes of at least 4 members (excludes halogenated alkanes) is 2. The van der Waals surface area contributed by atoms with Crippen molar-refractivity contribution in [3.05, 3.63) is 40.5 Å². The summed E-state index contributed by atoms with van der Waals surface area (Å²) in [5.74, 6) is 0.848. The zero-order chi connectivity index (χ0) is 13.9. The Morgan fingerprint density at radius 1 is 1.21 bits per heavy atom. The highest BCUT2D eigenvalue weighted by Gasteiger charge is 2.11. The fourth-order valence-electron chi connectivity index (χ4n) is 1.85. The van der Waals surface area contributed by atoms with Crippen LogP contribution in [0.1, 0.15) is 39.5 Å². The third-order valence-electron chi connectivity index (χ3n) is 2.79. The first-order valence-corrected chi connectivity index (χ1v) is 8.15. The molecule has 0 aliphatic carbocycles. The Hall–Kier alpha value is -0.550. The van der Waals surface area contributed by atoms with Crippen molar-refractivity contribution in [1.82, 2.24) is 0 Å². The summed E-state index contributed by atoms with van der Waals surface area (Å²) in [6, 6.07) is 9.79. The van der Waals surface area contributed by atoms with E-state index in [0.29, 0.717) is 0 Å². The zero-order valence-electron chi connectivity index (χ0n) is 11.7. The van der Waals surface area contributed by atoms with E-state index in [1.807, 2.05) is 41.3 Å². The molecule has 0 amide bonds. The lowest BCUT2D eigenvalue weighted by atomic mass is 10.1. The Bertz CT molecular complexity index is 351. The molecule has 0 spiro atoms. The average Bonchev–Trinajstić information content (AvgIpc) is 2.40. The van der Waals surface area contributed by atoms with Crippen molar-refractivity contribution in [2.45, 2.75) is 51.9 Å². The van der Waals surface area contributed by atoms with Crippen LogP contribution in [0.3, 0.4) is 0 Å². The topological polar surface area (TPSA) is 18.5 Å². The molecule has 106 valence electrons. The van der Waals surface area contributed by atoms with Crippen molar-refractivity contribution < 1.29 is 9.47 Å². The largest absolute Gasteiger partial charge is 0.465 e. The lowest BCUT2D eigenvalue weighted by Gasteiger charge is -2.21. The number of ether oxygens (including phenoxy) is 2.